The van der Waals surface area contributed by atoms with Gasteiger partial charge >= 0.3 is 0 Å². The van der Waals surface area contributed by atoms with Gasteiger partial charge in [-0.3, -0.25) is 19.5 Å². The largest absolute Gasteiger partial charge is 0.355 e. The second-order valence-electron chi connectivity index (χ2n) is 7.44. The molecule has 29 heavy (non-hydrogen) atoms. The zero-order chi connectivity index (χ0) is 20.1. The summed E-state index contributed by atoms with van der Waals surface area (Å²) >= 11 is 0. The van der Waals surface area contributed by atoms with Crippen molar-refractivity contribution >= 4 is 23.3 Å². The summed E-state index contributed by atoms with van der Waals surface area (Å²) in [5.74, 6) is 0.650. The highest BCUT2D eigenvalue weighted by Gasteiger charge is 2.25. The molecule has 2 aliphatic rings. The molecule has 2 aliphatic heterocycles. The fourth-order valence-corrected chi connectivity index (χ4v) is 3.75. The van der Waals surface area contributed by atoms with E-state index in [1.807, 2.05) is 30.3 Å². The first kappa shape index (κ1) is 19.3. The summed E-state index contributed by atoms with van der Waals surface area (Å²) in [6.07, 6.45) is 5.58. The highest BCUT2D eigenvalue weighted by molar-refractivity contribution is 5.93. The van der Waals surface area contributed by atoms with Crippen LogP contribution < -0.4 is 10.2 Å². The van der Waals surface area contributed by atoms with Gasteiger partial charge in [0.1, 0.15) is 11.5 Å². The van der Waals surface area contributed by atoms with Crippen molar-refractivity contribution in [3.05, 3.63) is 48.4 Å². The smallest absolute Gasteiger partial charge is 0.274 e. The molecule has 2 amide bonds. The van der Waals surface area contributed by atoms with Crippen LogP contribution in [-0.2, 0) is 4.79 Å². The molecule has 2 fully saturated rings. The van der Waals surface area contributed by atoms with E-state index < -0.39 is 0 Å². The number of piperazine rings is 1. The summed E-state index contributed by atoms with van der Waals surface area (Å²) in [5, 5.41) is 2.90. The maximum Gasteiger partial charge on any atom is 0.274 e. The third kappa shape index (κ3) is 4.89. The highest BCUT2D eigenvalue weighted by Crippen LogP contribution is 2.17. The molecule has 1 N–H and O–H groups in total. The molecule has 152 valence electrons. The number of carbonyl (C=O) groups excluding carboxylic acids is 2. The minimum absolute atomic E-state index is 0.0415. The van der Waals surface area contributed by atoms with E-state index in [1.54, 1.807) is 17.3 Å². The van der Waals surface area contributed by atoms with Gasteiger partial charge in [0.05, 0.1) is 18.9 Å². The predicted octanol–water partition coefficient (Wildman–Crippen LogP) is 1.47. The number of nitrogens with zero attached hydrogens (tertiary/aromatic N) is 5. The van der Waals surface area contributed by atoms with E-state index in [2.05, 4.69) is 25.1 Å². The summed E-state index contributed by atoms with van der Waals surface area (Å²) < 4.78 is 0. The predicted molar refractivity (Wildman–Crippen MR) is 111 cm³/mol. The third-order valence-corrected chi connectivity index (χ3v) is 5.36. The summed E-state index contributed by atoms with van der Waals surface area (Å²) in [6, 6.07) is 9.43. The molecule has 3 heterocycles. The van der Waals surface area contributed by atoms with E-state index >= 15 is 0 Å². The van der Waals surface area contributed by atoms with Gasteiger partial charge in [-0.2, -0.15) is 0 Å². The zero-order valence-corrected chi connectivity index (χ0v) is 16.5. The van der Waals surface area contributed by atoms with Crippen molar-refractivity contribution in [1.29, 1.82) is 0 Å². The molecule has 1 aromatic carbocycles. The second-order valence-corrected chi connectivity index (χ2v) is 7.44. The van der Waals surface area contributed by atoms with Gasteiger partial charge in [-0.1, -0.05) is 18.2 Å². The minimum Gasteiger partial charge on any atom is -0.355 e. The number of aromatic nitrogens is 2. The van der Waals surface area contributed by atoms with Gasteiger partial charge in [0.2, 0.25) is 5.91 Å². The Morgan fingerprint density at radius 2 is 1.66 bits per heavy atom. The Labute approximate surface area is 170 Å². The fourth-order valence-electron chi connectivity index (χ4n) is 3.75. The normalized spacial score (nSPS) is 17.4. The van der Waals surface area contributed by atoms with Crippen LogP contribution in [0.1, 0.15) is 23.3 Å². The number of anilines is 2. The van der Waals surface area contributed by atoms with Crippen molar-refractivity contribution in [3.63, 3.8) is 0 Å². The Balaban J connectivity index is 1.28. The molecule has 2 saturated heterocycles. The van der Waals surface area contributed by atoms with Crippen molar-refractivity contribution in [2.75, 3.05) is 56.0 Å². The number of hydrogen-bond acceptors (Lipinski definition) is 6. The number of carbonyl (C=O) groups is 2. The van der Waals surface area contributed by atoms with E-state index in [4.69, 9.17) is 0 Å². The van der Waals surface area contributed by atoms with Crippen molar-refractivity contribution in [2.24, 2.45) is 0 Å². The summed E-state index contributed by atoms with van der Waals surface area (Å²) in [6.45, 7) is 4.73. The van der Waals surface area contributed by atoms with E-state index in [-0.39, 0.29) is 11.8 Å². The van der Waals surface area contributed by atoms with Crippen LogP contribution in [0.5, 0.6) is 0 Å². The first-order valence-corrected chi connectivity index (χ1v) is 10.1. The Hall–Kier alpha value is -3.00. The lowest BCUT2D eigenvalue weighted by Crippen LogP contribution is -2.50. The minimum atomic E-state index is -0.0908. The van der Waals surface area contributed by atoms with Gasteiger partial charge in [-0.15, -0.1) is 0 Å². The zero-order valence-electron chi connectivity index (χ0n) is 16.5. The van der Waals surface area contributed by atoms with Crippen LogP contribution in [0, 0.1) is 0 Å². The van der Waals surface area contributed by atoms with E-state index in [9.17, 15) is 9.59 Å². The van der Waals surface area contributed by atoms with Crippen molar-refractivity contribution in [2.45, 2.75) is 12.8 Å². The molecule has 4 rings (SSSR count). The molecule has 8 nitrogen and oxygen atoms in total. The SMILES string of the molecule is O=C(CN1CCN(C(=O)c2cncc(N3CCCC3)n2)CC1)Nc1ccccc1. The van der Waals surface area contributed by atoms with Crippen LogP contribution in [0.3, 0.4) is 0 Å². The van der Waals surface area contributed by atoms with E-state index in [0.29, 0.717) is 38.4 Å². The van der Waals surface area contributed by atoms with Gasteiger partial charge in [0.15, 0.2) is 0 Å². The molecule has 0 atom stereocenters. The molecule has 1 aromatic heterocycles. The number of benzene rings is 1. The summed E-state index contributed by atoms with van der Waals surface area (Å²) in [5.41, 5.74) is 1.19. The van der Waals surface area contributed by atoms with E-state index in [0.717, 1.165) is 37.4 Å². The topological polar surface area (TPSA) is 81.7 Å². The van der Waals surface area contributed by atoms with E-state index in [1.165, 1.54) is 0 Å². The Kier molecular flexibility index (Phi) is 6.00. The monoisotopic (exact) mass is 394 g/mol. The number of para-hydroxylation sites is 1. The Morgan fingerprint density at radius 3 is 2.38 bits per heavy atom. The molecule has 0 unspecified atom stereocenters. The van der Waals surface area contributed by atoms with Gasteiger partial charge in [0.25, 0.3) is 5.91 Å². The molecule has 0 spiro atoms. The van der Waals surface area contributed by atoms with Gasteiger partial charge in [-0.05, 0) is 25.0 Å². The first-order valence-electron chi connectivity index (χ1n) is 10.1. The number of nitrogens with one attached hydrogen (secondary N) is 1. The van der Waals surface area contributed by atoms with Crippen molar-refractivity contribution in [3.8, 4) is 0 Å². The Bertz CT molecular complexity index is 845. The maximum atomic E-state index is 12.8. The fraction of sp³-hybridized carbons (Fsp3) is 0.429. The van der Waals surface area contributed by atoms with Crippen LogP contribution in [0.2, 0.25) is 0 Å². The molecule has 0 aliphatic carbocycles. The average Bonchev–Trinajstić information content (AvgIpc) is 3.30. The molecule has 8 heteroatoms. The Morgan fingerprint density at radius 1 is 0.931 bits per heavy atom. The number of amides is 2. The standard InChI is InChI=1S/C21H26N6O2/c28-20(23-17-6-2-1-3-7-17)16-25-10-12-27(13-11-25)21(29)18-14-22-15-19(24-18)26-8-4-5-9-26/h1-3,6-7,14-15H,4-5,8-13,16H2,(H,23,28). The van der Waals surface area contributed by atoms with Crippen LogP contribution >= 0.6 is 0 Å². The highest BCUT2D eigenvalue weighted by atomic mass is 16.2. The lowest BCUT2D eigenvalue weighted by molar-refractivity contribution is -0.117. The van der Waals surface area contributed by atoms with Crippen molar-refractivity contribution < 1.29 is 9.59 Å². The van der Waals surface area contributed by atoms with Gasteiger partial charge in [-0.25, -0.2) is 4.98 Å². The van der Waals surface area contributed by atoms with Gasteiger partial charge < -0.3 is 15.1 Å². The molecular formula is C21H26N6O2. The van der Waals surface area contributed by atoms with Crippen LogP contribution in [-0.4, -0.2) is 77.4 Å². The molecule has 0 radical (unpaired) electrons. The lowest BCUT2D eigenvalue weighted by Gasteiger charge is -2.34. The quantitative estimate of drug-likeness (QED) is 0.827. The first-order chi connectivity index (χ1) is 14.2. The number of hydrogen-bond donors (Lipinski definition) is 1. The summed E-state index contributed by atoms with van der Waals surface area (Å²) in [4.78, 5) is 39.9. The van der Waals surface area contributed by atoms with Crippen molar-refractivity contribution in [1.82, 2.24) is 19.8 Å². The molecule has 2 aromatic rings. The summed E-state index contributed by atoms with van der Waals surface area (Å²) in [7, 11) is 0. The van der Waals surface area contributed by atoms with Crippen LogP contribution in [0.4, 0.5) is 11.5 Å². The maximum absolute atomic E-state index is 12.8. The second kappa shape index (κ2) is 9.00. The van der Waals surface area contributed by atoms with Crippen LogP contribution in [0.25, 0.3) is 0 Å². The third-order valence-electron chi connectivity index (χ3n) is 5.36. The molecule has 0 bridgehead atoms. The molecular weight excluding hydrogens is 368 g/mol. The molecule has 0 saturated carbocycles. The van der Waals surface area contributed by atoms with Gasteiger partial charge in [0, 0.05) is 45.0 Å². The van der Waals surface area contributed by atoms with Crippen LogP contribution in [0.15, 0.2) is 42.7 Å². The average molecular weight is 394 g/mol. The lowest BCUT2D eigenvalue weighted by atomic mass is 10.2. The number of rotatable bonds is 5.